The zero-order valence-corrected chi connectivity index (χ0v) is 8.83. The summed E-state index contributed by atoms with van der Waals surface area (Å²) in [5.74, 6) is 0.787. The molecule has 78 valence electrons. The molecule has 1 aliphatic rings. The molecular formula is C11H22O2. The average molecular weight is 186 g/mol. The van der Waals surface area contributed by atoms with Gasteiger partial charge in [-0.2, -0.15) is 0 Å². The maximum atomic E-state index is 9.86. The number of ether oxygens (including phenoxy) is 1. The van der Waals surface area contributed by atoms with Crippen LogP contribution in [-0.4, -0.2) is 23.9 Å². The fourth-order valence-corrected chi connectivity index (χ4v) is 1.73. The van der Waals surface area contributed by atoms with Crippen LogP contribution in [0.4, 0.5) is 0 Å². The van der Waals surface area contributed by atoms with Crippen molar-refractivity contribution in [3.8, 4) is 0 Å². The first-order valence-corrected chi connectivity index (χ1v) is 5.57. The molecule has 1 saturated carbocycles. The Bertz CT molecular complexity index is 126. The number of rotatable bonds is 7. The van der Waals surface area contributed by atoms with Crippen molar-refractivity contribution in [2.75, 3.05) is 6.61 Å². The van der Waals surface area contributed by atoms with E-state index in [4.69, 9.17) is 4.74 Å². The Labute approximate surface area is 81.3 Å². The van der Waals surface area contributed by atoms with Crippen LogP contribution in [0.3, 0.4) is 0 Å². The zero-order valence-electron chi connectivity index (χ0n) is 8.83. The third-order valence-electron chi connectivity index (χ3n) is 2.65. The Hall–Kier alpha value is -0.0800. The summed E-state index contributed by atoms with van der Waals surface area (Å²) in [6.07, 6.45) is 5.49. The topological polar surface area (TPSA) is 29.5 Å². The molecule has 0 amide bonds. The molecule has 0 spiro atoms. The molecule has 1 rings (SSSR count). The van der Waals surface area contributed by atoms with E-state index in [-0.39, 0.29) is 12.2 Å². The number of aliphatic hydroxyl groups excluding tert-OH is 1. The van der Waals surface area contributed by atoms with Crippen LogP contribution in [0.2, 0.25) is 0 Å². The Morgan fingerprint density at radius 1 is 1.38 bits per heavy atom. The fraction of sp³-hybridized carbons (Fsp3) is 1.00. The largest absolute Gasteiger partial charge is 0.390 e. The lowest BCUT2D eigenvalue weighted by molar-refractivity contribution is -0.0420. The minimum atomic E-state index is -0.229. The molecule has 1 N–H and O–H groups in total. The van der Waals surface area contributed by atoms with Gasteiger partial charge in [-0.3, -0.25) is 0 Å². The van der Waals surface area contributed by atoms with Crippen molar-refractivity contribution in [2.24, 2.45) is 5.92 Å². The molecule has 0 aliphatic heterocycles. The Morgan fingerprint density at radius 3 is 2.54 bits per heavy atom. The van der Waals surface area contributed by atoms with Crippen LogP contribution < -0.4 is 0 Å². The molecule has 0 radical (unpaired) electrons. The second kappa shape index (κ2) is 5.61. The van der Waals surface area contributed by atoms with E-state index >= 15 is 0 Å². The summed E-state index contributed by atoms with van der Waals surface area (Å²) in [5, 5.41) is 9.86. The van der Waals surface area contributed by atoms with Crippen LogP contribution in [0.25, 0.3) is 0 Å². The van der Waals surface area contributed by atoms with Crippen molar-refractivity contribution >= 4 is 0 Å². The van der Waals surface area contributed by atoms with Gasteiger partial charge in [-0.15, -0.1) is 0 Å². The molecule has 13 heavy (non-hydrogen) atoms. The van der Waals surface area contributed by atoms with Crippen LogP contribution in [0, 0.1) is 5.92 Å². The van der Waals surface area contributed by atoms with Gasteiger partial charge in [0.25, 0.3) is 0 Å². The van der Waals surface area contributed by atoms with Gasteiger partial charge in [0, 0.05) is 6.61 Å². The van der Waals surface area contributed by atoms with Crippen LogP contribution in [0.5, 0.6) is 0 Å². The molecule has 2 atom stereocenters. The van der Waals surface area contributed by atoms with Crippen molar-refractivity contribution < 1.29 is 9.84 Å². The summed E-state index contributed by atoms with van der Waals surface area (Å²) in [6, 6.07) is 0. The van der Waals surface area contributed by atoms with Gasteiger partial charge < -0.3 is 9.84 Å². The Morgan fingerprint density at radius 2 is 2.08 bits per heavy atom. The van der Waals surface area contributed by atoms with E-state index in [1.807, 2.05) is 6.92 Å². The first kappa shape index (κ1) is 11.0. The van der Waals surface area contributed by atoms with Gasteiger partial charge in [0.1, 0.15) is 0 Å². The Kier molecular flexibility index (Phi) is 4.74. The van der Waals surface area contributed by atoms with Gasteiger partial charge in [0.15, 0.2) is 0 Å². The second-order valence-corrected chi connectivity index (χ2v) is 4.03. The predicted octanol–water partition coefficient (Wildman–Crippen LogP) is 2.35. The van der Waals surface area contributed by atoms with Crippen molar-refractivity contribution in [3.05, 3.63) is 0 Å². The maximum absolute atomic E-state index is 9.86. The number of aliphatic hydroxyl groups is 1. The van der Waals surface area contributed by atoms with E-state index in [1.165, 1.54) is 12.8 Å². The van der Waals surface area contributed by atoms with E-state index in [0.717, 1.165) is 25.2 Å². The summed E-state index contributed by atoms with van der Waals surface area (Å²) >= 11 is 0. The van der Waals surface area contributed by atoms with Gasteiger partial charge >= 0.3 is 0 Å². The highest BCUT2D eigenvalue weighted by atomic mass is 16.5. The summed E-state index contributed by atoms with van der Waals surface area (Å²) in [6.45, 7) is 4.84. The lowest BCUT2D eigenvalue weighted by Crippen LogP contribution is -2.29. The van der Waals surface area contributed by atoms with Crippen molar-refractivity contribution in [3.63, 3.8) is 0 Å². The molecule has 0 aromatic heterocycles. The first-order valence-electron chi connectivity index (χ1n) is 5.57. The summed E-state index contributed by atoms with van der Waals surface area (Å²) in [7, 11) is 0. The van der Waals surface area contributed by atoms with E-state index < -0.39 is 0 Å². The fourth-order valence-electron chi connectivity index (χ4n) is 1.73. The quantitative estimate of drug-likeness (QED) is 0.661. The van der Waals surface area contributed by atoms with Gasteiger partial charge in [0.05, 0.1) is 12.2 Å². The first-order chi connectivity index (χ1) is 6.27. The van der Waals surface area contributed by atoms with Gasteiger partial charge in [-0.1, -0.05) is 26.2 Å². The molecule has 2 heteroatoms. The molecule has 0 aromatic rings. The highest BCUT2D eigenvalue weighted by Crippen LogP contribution is 2.34. The van der Waals surface area contributed by atoms with Crippen molar-refractivity contribution in [1.29, 1.82) is 0 Å². The highest BCUT2D eigenvalue weighted by molar-refractivity contribution is 4.80. The van der Waals surface area contributed by atoms with Gasteiger partial charge in [0.2, 0.25) is 0 Å². The van der Waals surface area contributed by atoms with Crippen molar-refractivity contribution in [2.45, 2.75) is 58.2 Å². The van der Waals surface area contributed by atoms with Crippen LogP contribution in [-0.2, 0) is 4.74 Å². The van der Waals surface area contributed by atoms with E-state index in [2.05, 4.69) is 6.92 Å². The summed E-state index contributed by atoms with van der Waals surface area (Å²) in [4.78, 5) is 0. The molecule has 0 bridgehead atoms. The monoisotopic (exact) mass is 186 g/mol. The van der Waals surface area contributed by atoms with E-state index in [1.54, 1.807) is 0 Å². The average Bonchev–Trinajstić information content (AvgIpc) is 2.88. The molecule has 0 aromatic carbocycles. The lowest BCUT2D eigenvalue weighted by atomic mass is 10.0. The number of hydrogen-bond donors (Lipinski definition) is 1. The molecular weight excluding hydrogens is 164 g/mol. The van der Waals surface area contributed by atoms with Crippen LogP contribution in [0.1, 0.15) is 46.0 Å². The zero-order chi connectivity index (χ0) is 9.68. The smallest absolute Gasteiger partial charge is 0.0833 e. The highest BCUT2D eigenvalue weighted by Gasteiger charge is 2.28. The Balaban J connectivity index is 2.22. The minimum absolute atomic E-state index is 0.0793. The van der Waals surface area contributed by atoms with Gasteiger partial charge in [-0.25, -0.2) is 0 Å². The summed E-state index contributed by atoms with van der Waals surface area (Å²) in [5.41, 5.74) is 0. The molecule has 0 saturated heterocycles. The van der Waals surface area contributed by atoms with Crippen LogP contribution in [0.15, 0.2) is 0 Å². The molecule has 2 unspecified atom stereocenters. The lowest BCUT2D eigenvalue weighted by Gasteiger charge is -2.22. The molecule has 2 nitrogen and oxygen atoms in total. The maximum Gasteiger partial charge on any atom is 0.0833 e. The third-order valence-corrected chi connectivity index (χ3v) is 2.65. The standard InChI is InChI=1S/C11H22O2/c1-3-5-11(13-4-2)10(12)8-9-6-7-9/h9-12H,3-8H2,1-2H3. The summed E-state index contributed by atoms with van der Waals surface area (Å²) < 4.78 is 5.52. The molecule has 0 heterocycles. The second-order valence-electron chi connectivity index (χ2n) is 4.03. The number of hydrogen-bond acceptors (Lipinski definition) is 2. The third kappa shape index (κ3) is 4.10. The van der Waals surface area contributed by atoms with Crippen LogP contribution >= 0.6 is 0 Å². The SMILES string of the molecule is CCCC(OCC)C(O)CC1CC1. The normalized spacial score (nSPS) is 21.5. The predicted molar refractivity (Wildman–Crippen MR) is 53.7 cm³/mol. The molecule has 1 aliphatic carbocycles. The van der Waals surface area contributed by atoms with E-state index in [9.17, 15) is 5.11 Å². The van der Waals surface area contributed by atoms with E-state index in [0.29, 0.717) is 6.61 Å². The minimum Gasteiger partial charge on any atom is -0.390 e. The van der Waals surface area contributed by atoms with Crippen molar-refractivity contribution in [1.82, 2.24) is 0 Å². The molecule has 1 fully saturated rings. The van der Waals surface area contributed by atoms with Gasteiger partial charge in [-0.05, 0) is 25.7 Å².